The van der Waals surface area contributed by atoms with Crippen LogP contribution in [0.4, 0.5) is 0 Å². The molecule has 1 atom stereocenters. The maximum absolute atomic E-state index is 12.9. The van der Waals surface area contributed by atoms with Crippen LogP contribution in [0.15, 0.2) is 74.3 Å². The Morgan fingerprint density at radius 3 is 2.40 bits per heavy atom. The van der Waals surface area contributed by atoms with Crippen molar-refractivity contribution in [2.45, 2.75) is 4.90 Å². The third kappa shape index (κ3) is 2.40. The van der Waals surface area contributed by atoms with Gasteiger partial charge in [-0.3, -0.25) is 0 Å². The summed E-state index contributed by atoms with van der Waals surface area (Å²) in [5.74, 6) is 0. The summed E-state index contributed by atoms with van der Waals surface area (Å²) < 4.78 is 17.0. The van der Waals surface area contributed by atoms with Crippen LogP contribution >= 0.6 is 11.6 Å². The Morgan fingerprint density at radius 2 is 1.65 bits per heavy atom. The minimum absolute atomic E-state index is 0.576. The predicted octanol–water partition coefficient (Wildman–Crippen LogP) is 4.21. The Hall–Kier alpha value is -1.91. The van der Waals surface area contributed by atoms with E-state index in [0.29, 0.717) is 15.6 Å². The molecule has 2 aromatic carbocycles. The number of hydrogen-bond acceptors (Lipinski definition) is 3. The molecule has 0 saturated carbocycles. The maximum atomic E-state index is 12.9. The van der Waals surface area contributed by atoms with Crippen LogP contribution in [-0.2, 0) is 9.73 Å². The van der Waals surface area contributed by atoms with Crippen LogP contribution in [0, 0.1) is 0 Å². The van der Waals surface area contributed by atoms with E-state index in [9.17, 15) is 4.21 Å². The van der Waals surface area contributed by atoms with Gasteiger partial charge in [0.2, 0.25) is 0 Å². The summed E-state index contributed by atoms with van der Waals surface area (Å²) in [5.41, 5.74) is 1.34. The largest absolute Gasteiger partial charge is 0.240 e. The van der Waals surface area contributed by atoms with Gasteiger partial charge in [-0.2, -0.15) is 4.36 Å². The zero-order valence-corrected chi connectivity index (χ0v) is 12.0. The summed E-state index contributed by atoms with van der Waals surface area (Å²) >= 11 is 6.16. The number of benzene rings is 2. The van der Waals surface area contributed by atoms with E-state index < -0.39 is 9.73 Å². The van der Waals surface area contributed by atoms with Crippen LogP contribution in [0.25, 0.3) is 5.70 Å². The number of rotatable bonds is 2. The Kier molecular flexibility index (Phi) is 3.42. The third-order valence-corrected chi connectivity index (χ3v) is 5.13. The van der Waals surface area contributed by atoms with Gasteiger partial charge in [-0.1, -0.05) is 48.0 Å². The Labute approximate surface area is 122 Å². The second-order valence-corrected chi connectivity index (χ2v) is 6.68. The third-order valence-electron chi connectivity index (χ3n) is 2.90. The molecule has 0 spiro atoms. The molecule has 3 nitrogen and oxygen atoms in total. The van der Waals surface area contributed by atoms with Crippen molar-refractivity contribution in [2.75, 3.05) is 0 Å². The maximum Gasteiger partial charge on any atom is 0.126 e. The van der Waals surface area contributed by atoms with Gasteiger partial charge in [-0.25, -0.2) is 9.20 Å². The van der Waals surface area contributed by atoms with Crippen LogP contribution in [0.5, 0.6) is 0 Å². The van der Waals surface area contributed by atoms with Gasteiger partial charge in [-0.15, -0.1) is 0 Å². The lowest BCUT2D eigenvalue weighted by Gasteiger charge is -2.11. The van der Waals surface area contributed by atoms with Crippen molar-refractivity contribution < 1.29 is 4.21 Å². The van der Waals surface area contributed by atoms with Gasteiger partial charge < -0.3 is 0 Å². The fourth-order valence-electron chi connectivity index (χ4n) is 1.91. The van der Waals surface area contributed by atoms with Crippen molar-refractivity contribution in [2.24, 2.45) is 9.36 Å². The normalized spacial score (nSPS) is 21.1. The lowest BCUT2D eigenvalue weighted by atomic mass is 10.2. The predicted molar refractivity (Wildman–Crippen MR) is 83.2 cm³/mol. The number of aliphatic imine (C=N–C) groups is 1. The highest BCUT2D eigenvalue weighted by Gasteiger charge is 2.15. The molecule has 1 aliphatic heterocycles. The highest BCUT2D eigenvalue weighted by molar-refractivity contribution is 7.97. The van der Waals surface area contributed by atoms with Crippen LogP contribution in [0.2, 0.25) is 5.02 Å². The first-order valence-electron chi connectivity index (χ1n) is 5.99. The average molecular weight is 303 g/mol. The van der Waals surface area contributed by atoms with Crippen molar-refractivity contribution in [3.63, 3.8) is 0 Å². The number of nitrogens with zero attached hydrogens (tertiary/aromatic N) is 2. The summed E-state index contributed by atoms with van der Waals surface area (Å²) in [6, 6.07) is 16.5. The molecule has 2 aromatic rings. The molecule has 0 aromatic heterocycles. The Morgan fingerprint density at radius 1 is 0.950 bits per heavy atom. The zero-order valence-electron chi connectivity index (χ0n) is 10.4. The minimum atomic E-state index is -2.63. The molecule has 1 aliphatic rings. The van der Waals surface area contributed by atoms with Gasteiger partial charge >= 0.3 is 0 Å². The van der Waals surface area contributed by atoms with Crippen LogP contribution in [0.3, 0.4) is 0 Å². The average Bonchev–Trinajstić information content (AvgIpc) is 2.49. The molecule has 0 radical (unpaired) electrons. The topological polar surface area (TPSA) is 41.8 Å². The lowest BCUT2D eigenvalue weighted by Crippen LogP contribution is -2.02. The molecular formula is C15H11ClN2OS. The summed E-state index contributed by atoms with van der Waals surface area (Å²) in [6.45, 7) is 0. The van der Waals surface area contributed by atoms with Gasteiger partial charge in [-0.05, 0) is 18.2 Å². The number of hydrogen-bond donors (Lipinski definition) is 0. The van der Waals surface area contributed by atoms with E-state index in [-0.39, 0.29) is 0 Å². The summed E-state index contributed by atoms with van der Waals surface area (Å²) in [7, 11) is -2.63. The van der Waals surface area contributed by atoms with E-state index in [0.717, 1.165) is 5.56 Å². The molecule has 1 heterocycles. The molecule has 20 heavy (non-hydrogen) atoms. The Balaban J connectivity index is 2.14. The number of halogens is 1. The van der Waals surface area contributed by atoms with Crippen molar-refractivity contribution in [3.05, 3.63) is 70.6 Å². The molecule has 100 valence electrons. The first-order chi connectivity index (χ1) is 9.69. The van der Waals surface area contributed by atoms with Gasteiger partial charge in [0, 0.05) is 16.0 Å². The molecule has 0 aliphatic carbocycles. The monoisotopic (exact) mass is 302 g/mol. The smallest absolute Gasteiger partial charge is 0.126 e. The van der Waals surface area contributed by atoms with E-state index in [1.807, 2.05) is 36.4 Å². The zero-order chi connectivity index (χ0) is 14.0. The molecule has 0 N–H and O–H groups in total. The molecule has 5 heteroatoms. The molecule has 0 bridgehead atoms. The summed E-state index contributed by atoms with van der Waals surface area (Å²) in [4.78, 5) is 4.85. The van der Waals surface area contributed by atoms with E-state index in [1.165, 1.54) is 6.34 Å². The van der Waals surface area contributed by atoms with Crippen molar-refractivity contribution >= 4 is 33.4 Å². The summed E-state index contributed by atoms with van der Waals surface area (Å²) in [5, 5.41) is 2.16. The van der Waals surface area contributed by atoms with Crippen molar-refractivity contribution in [1.82, 2.24) is 0 Å². The van der Waals surface area contributed by atoms with Crippen LogP contribution < -0.4 is 0 Å². The molecule has 0 amide bonds. The van der Waals surface area contributed by atoms with Crippen LogP contribution in [-0.4, -0.2) is 10.5 Å². The fraction of sp³-hybridized carbons (Fsp3) is 0. The quantitative estimate of drug-likeness (QED) is 0.819. The van der Waals surface area contributed by atoms with Gasteiger partial charge in [0.05, 0.1) is 10.6 Å². The molecule has 0 saturated heterocycles. The standard InChI is InChI=1S/C15H11ClN2OS/c16-14-9-5-4-8-13(14)15-10-20(19,18-11-17-15)12-6-2-1-3-7-12/h1-11H. The van der Waals surface area contributed by atoms with E-state index in [4.69, 9.17) is 11.6 Å². The molecule has 1 unspecified atom stereocenters. The molecular weight excluding hydrogens is 292 g/mol. The Bertz CT molecular complexity index is 819. The first-order valence-corrected chi connectivity index (χ1v) is 7.95. The SMILES string of the molecule is O=S1(c2ccccc2)=NC=NC(c2ccccc2Cl)=C1. The van der Waals surface area contributed by atoms with E-state index in [1.54, 1.807) is 23.6 Å². The van der Waals surface area contributed by atoms with Crippen LogP contribution in [0.1, 0.15) is 5.56 Å². The fourth-order valence-corrected chi connectivity index (χ4v) is 3.69. The summed E-state index contributed by atoms with van der Waals surface area (Å²) in [6.07, 6.45) is 1.34. The minimum Gasteiger partial charge on any atom is -0.240 e. The highest BCUT2D eigenvalue weighted by Crippen LogP contribution is 2.29. The van der Waals surface area contributed by atoms with E-state index >= 15 is 0 Å². The second-order valence-electron chi connectivity index (χ2n) is 4.21. The van der Waals surface area contributed by atoms with Crippen molar-refractivity contribution in [1.29, 1.82) is 0 Å². The van der Waals surface area contributed by atoms with E-state index in [2.05, 4.69) is 9.36 Å². The van der Waals surface area contributed by atoms with Crippen molar-refractivity contribution in [3.8, 4) is 0 Å². The molecule has 3 rings (SSSR count). The van der Waals surface area contributed by atoms with Gasteiger partial charge in [0.15, 0.2) is 0 Å². The van der Waals surface area contributed by atoms with Gasteiger partial charge in [0.1, 0.15) is 16.1 Å². The highest BCUT2D eigenvalue weighted by atomic mass is 35.5. The second kappa shape index (κ2) is 5.23. The van der Waals surface area contributed by atoms with Gasteiger partial charge in [0.25, 0.3) is 0 Å². The molecule has 0 fully saturated rings. The lowest BCUT2D eigenvalue weighted by molar-refractivity contribution is 0.683. The first kappa shape index (κ1) is 13.1.